The molecule has 1 aromatic heterocycles. The molecule has 0 fully saturated rings. The van der Waals surface area contributed by atoms with Crippen molar-refractivity contribution in [2.45, 2.75) is 28.6 Å². The molecule has 2 N–H and O–H groups in total. The molecule has 11 heteroatoms. The lowest BCUT2D eigenvalue weighted by molar-refractivity contribution is -0.139. The summed E-state index contributed by atoms with van der Waals surface area (Å²) < 4.78 is 6.92. The van der Waals surface area contributed by atoms with E-state index in [1.165, 1.54) is 23.1 Å². The lowest BCUT2D eigenvalue weighted by Crippen LogP contribution is -2.46. The van der Waals surface area contributed by atoms with Crippen LogP contribution >= 0.6 is 46.5 Å². The summed E-state index contributed by atoms with van der Waals surface area (Å²) in [5, 5.41) is 14.4. The average molecular weight is 471 g/mol. The zero-order chi connectivity index (χ0) is 20.8. The lowest BCUT2D eigenvalue weighted by atomic mass is 9.95. The van der Waals surface area contributed by atoms with Crippen molar-refractivity contribution in [1.82, 2.24) is 20.8 Å². The maximum absolute atomic E-state index is 12.7. The van der Waals surface area contributed by atoms with Gasteiger partial charge in [-0.1, -0.05) is 65.5 Å². The van der Waals surface area contributed by atoms with Crippen molar-refractivity contribution in [2.75, 3.05) is 18.1 Å². The molecular weight excluding hydrogens is 452 g/mol. The number of amides is 2. The molecule has 1 unspecified atom stereocenters. The van der Waals surface area contributed by atoms with E-state index in [1.54, 1.807) is 43.0 Å². The summed E-state index contributed by atoms with van der Waals surface area (Å²) in [4.78, 5) is 25.0. The fraction of sp³-hybridized carbons (Fsp3) is 0.333. The second-order valence-corrected chi connectivity index (χ2v) is 9.90. The van der Waals surface area contributed by atoms with Crippen LogP contribution in [0, 0.1) is 0 Å². The van der Waals surface area contributed by atoms with Crippen molar-refractivity contribution >= 4 is 58.5 Å². The van der Waals surface area contributed by atoms with Crippen LogP contribution in [0.4, 0.5) is 4.79 Å². The molecule has 0 aliphatic carbocycles. The maximum Gasteiger partial charge on any atom is 0.338 e. The Morgan fingerprint density at radius 1 is 1.21 bits per heavy atom. The van der Waals surface area contributed by atoms with E-state index in [-0.39, 0.29) is 12.6 Å². The minimum Gasteiger partial charge on any atom is -0.463 e. The Hall–Kier alpha value is -1.75. The van der Waals surface area contributed by atoms with Gasteiger partial charge in [-0.05, 0) is 30.4 Å². The van der Waals surface area contributed by atoms with Gasteiger partial charge in [-0.25, -0.2) is 9.59 Å². The number of aromatic nitrogens is 2. The number of hydrogen-bond acceptors (Lipinski definition) is 8. The molecule has 2 heterocycles. The standard InChI is InChI=1S/C18H19ClN4O3S3/c1-3-26-15(24)13-12(9-28-18-23-22-17(29-18)27-4-2)20-16(25)21-14(13)10-5-7-11(19)8-6-10/h5-8,14H,3-4,9H2,1-2H3,(H2,20,21,25). The number of hydrogen-bond donors (Lipinski definition) is 2. The van der Waals surface area contributed by atoms with E-state index < -0.39 is 12.0 Å². The highest BCUT2D eigenvalue weighted by atomic mass is 35.5. The smallest absolute Gasteiger partial charge is 0.338 e. The van der Waals surface area contributed by atoms with E-state index in [1.807, 2.05) is 0 Å². The van der Waals surface area contributed by atoms with E-state index in [0.717, 1.165) is 20.0 Å². The quantitative estimate of drug-likeness (QED) is 0.439. The first-order valence-electron chi connectivity index (χ1n) is 8.84. The number of ether oxygens (including phenoxy) is 1. The topological polar surface area (TPSA) is 93.2 Å². The SMILES string of the molecule is CCOC(=O)C1=C(CSc2nnc(SCC)s2)NC(=O)NC1c1ccc(Cl)cc1. The number of nitrogens with zero attached hydrogens (tertiary/aromatic N) is 2. The monoisotopic (exact) mass is 470 g/mol. The third-order valence-electron chi connectivity index (χ3n) is 3.85. The lowest BCUT2D eigenvalue weighted by Gasteiger charge is -2.29. The van der Waals surface area contributed by atoms with Crippen LogP contribution in [0.2, 0.25) is 5.02 Å². The van der Waals surface area contributed by atoms with Gasteiger partial charge in [-0.15, -0.1) is 10.2 Å². The number of carbonyl (C=O) groups is 2. The van der Waals surface area contributed by atoms with Crippen LogP contribution in [0.15, 0.2) is 44.2 Å². The van der Waals surface area contributed by atoms with Gasteiger partial charge in [-0.2, -0.15) is 0 Å². The second-order valence-electron chi connectivity index (χ2n) is 5.75. The molecule has 154 valence electrons. The van der Waals surface area contributed by atoms with Gasteiger partial charge in [0.2, 0.25) is 0 Å². The molecule has 29 heavy (non-hydrogen) atoms. The fourth-order valence-electron chi connectivity index (χ4n) is 2.66. The average Bonchev–Trinajstić information content (AvgIpc) is 3.14. The molecule has 1 aromatic carbocycles. The van der Waals surface area contributed by atoms with Gasteiger partial charge in [0.25, 0.3) is 0 Å². The van der Waals surface area contributed by atoms with Crippen molar-refractivity contribution in [2.24, 2.45) is 0 Å². The minimum atomic E-state index is -0.628. The van der Waals surface area contributed by atoms with Gasteiger partial charge in [0.05, 0.1) is 18.2 Å². The van der Waals surface area contributed by atoms with E-state index >= 15 is 0 Å². The number of rotatable bonds is 8. The third-order valence-corrected chi connectivity index (χ3v) is 7.20. The molecule has 3 rings (SSSR count). The summed E-state index contributed by atoms with van der Waals surface area (Å²) in [5.41, 5.74) is 1.61. The summed E-state index contributed by atoms with van der Waals surface area (Å²) in [6.45, 7) is 4.03. The third kappa shape index (κ3) is 5.65. The van der Waals surface area contributed by atoms with E-state index in [2.05, 4.69) is 27.8 Å². The molecule has 0 saturated heterocycles. The molecule has 0 saturated carbocycles. The minimum absolute atomic E-state index is 0.234. The van der Waals surface area contributed by atoms with E-state index in [9.17, 15) is 9.59 Å². The van der Waals surface area contributed by atoms with Gasteiger partial charge in [0, 0.05) is 16.5 Å². The molecule has 7 nitrogen and oxygen atoms in total. The van der Waals surface area contributed by atoms with Gasteiger partial charge in [0.15, 0.2) is 8.68 Å². The van der Waals surface area contributed by atoms with Gasteiger partial charge in [0.1, 0.15) is 0 Å². The second kappa shape index (κ2) is 10.3. The van der Waals surface area contributed by atoms with Crippen LogP contribution in [0.1, 0.15) is 25.5 Å². The molecule has 2 aromatic rings. The summed E-state index contributed by atoms with van der Waals surface area (Å²) in [5.74, 6) is 0.800. The number of thioether (sulfide) groups is 2. The predicted octanol–water partition coefficient (Wildman–Crippen LogP) is 4.27. The predicted molar refractivity (Wildman–Crippen MR) is 117 cm³/mol. The van der Waals surface area contributed by atoms with Crippen molar-refractivity contribution < 1.29 is 14.3 Å². The summed E-state index contributed by atoms with van der Waals surface area (Å²) in [6.07, 6.45) is 0. The first kappa shape index (κ1) is 21.9. The molecule has 0 radical (unpaired) electrons. The Kier molecular flexibility index (Phi) is 7.82. The largest absolute Gasteiger partial charge is 0.463 e. The van der Waals surface area contributed by atoms with Crippen LogP contribution in [-0.4, -0.2) is 40.3 Å². The normalized spacial score (nSPS) is 16.4. The van der Waals surface area contributed by atoms with Crippen LogP contribution in [0.25, 0.3) is 0 Å². The number of carbonyl (C=O) groups excluding carboxylic acids is 2. The highest BCUT2D eigenvalue weighted by molar-refractivity contribution is 8.03. The van der Waals surface area contributed by atoms with Crippen molar-refractivity contribution in [3.63, 3.8) is 0 Å². The fourth-order valence-corrected chi connectivity index (χ4v) is 5.67. The Morgan fingerprint density at radius 3 is 2.55 bits per heavy atom. The molecule has 1 atom stereocenters. The van der Waals surface area contributed by atoms with Crippen molar-refractivity contribution in [3.8, 4) is 0 Å². The van der Waals surface area contributed by atoms with Crippen LogP contribution in [0.3, 0.4) is 0 Å². The Morgan fingerprint density at radius 2 is 1.90 bits per heavy atom. The first-order chi connectivity index (χ1) is 14.0. The number of nitrogens with one attached hydrogen (secondary N) is 2. The molecule has 2 amide bonds. The van der Waals surface area contributed by atoms with E-state index in [0.29, 0.717) is 22.0 Å². The Labute approximate surface area is 186 Å². The first-order valence-corrected chi connectivity index (χ1v) is 12.0. The van der Waals surface area contributed by atoms with Gasteiger partial charge >= 0.3 is 12.0 Å². The van der Waals surface area contributed by atoms with Gasteiger partial charge in [-0.3, -0.25) is 0 Å². The zero-order valence-corrected chi connectivity index (χ0v) is 18.9. The Bertz CT molecular complexity index is 917. The molecular formula is C18H19ClN4O3S3. The summed E-state index contributed by atoms with van der Waals surface area (Å²) in [7, 11) is 0. The number of halogens is 1. The Balaban J connectivity index is 1.90. The summed E-state index contributed by atoms with van der Waals surface area (Å²) in [6, 6.07) is 5.99. The van der Waals surface area contributed by atoms with Crippen LogP contribution < -0.4 is 10.6 Å². The number of benzene rings is 1. The number of esters is 1. The van der Waals surface area contributed by atoms with Gasteiger partial charge < -0.3 is 15.4 Å². The van der Waals surface area contributed by atoms with Crippen LogP contribution in [-0.2, 0) is 9.53 Å². The molecule has 1 aliphatic heterocycles. The van der Waals surface area contributed by atoms with Crippen molar-refractivity contribution in [1.29, 1.82) is 0 Å². The molecule has 0 spiro atoms. The highest BCUT2D eigenvalue weighted by Crippen LogP contribution is 2.33. The highest BCUT2D eigenvalue weighted by Gasteiger charge is 2.33. The van der Waals surface area contributed by atoms with Crippen LogP contribution in [0.5, 0.6) is 0 Å². The zero-order valence-electron chi connectivity index (χ0n) is 15.7. The molecule has 0 bridgehead atoms. The van der Waals surface area contributed by atoms with Crippen molar-refractivity contribution in [3.05, 3.63) is 46.1 Å². The number of urea groups is 1. The maximum atomic E-state index is 12.7. The summed E-state index contributed by atoms with van der Waals surface area (Å²) >= 11 is 10.5. The van der Waals surface area contributed by atoms with E-state index in [4.69, 9.17) is 16.3 Å². The molecule has 1 aliphatic rings.